The smallest absolute Gasteiger partial charge is 0.0593 e. The van der Waals surface area contributed by atoms with Crippen LogP contribution in [0.2, 0.25) is 0 Å². The van der Waals surface area contributed by atoms with E-state index in [1.54, 1.807) is 0 Å². The lowest BCUT2D eigenvalue weighted by molar-refractivity contribution is 0.0501. The van der Waals surface area contributed by atoms with Crippen molar-refractivity contribution >= 4 is 0 Å². The van der Waals surface area contributed by atoms with Crippen LogP contribution < -0.4 is 5.32 Å². The monoisotopic (exact) mass is 346 g/mol. The fourth-order valence-corrected chi connectivity index (χ4v) is 3.29. The molecule has 0 spiro atoms. The zero-order valence-corrected chi connectivity index (χ0v) is 17.0. The quantitative estimate of drug-likeness (QED) is 0.705. The predicted octanol–water partition coefficient (Wildman–Crippen LogP) is 4.43. The lowest BCUT2D eigenvalue weighted by Crippen LogP contribution is -2.35. The summed E-state index contributed by atoms with van der Waals surface area (Å²) in [7, 11) is 0. The Balaban J connectivity index is 1.69. The van der Waals surface area contributed by atoms with Crippen molar-refractivity contribution in [1.82, 2.24) is 10.2 Å². The second-order valence-electron chi connectivity index (χ2n) is 9.01. The van der Waals surface area contributed by atoms with Crippen molar-refractivity contribution in [2.45, 2.75) is 66.0 Å². The highest BCUT2D eigenvalue weighted by Gasteiger charge is 2.20. The van der Waals surface area contributed by atoms with E-state index in [2.05, 4.69) is 69.1 Å². The molecule has 0 saturated carbocycles. The van der Waals surface area contributed by atoms with Crippen LogP contribution in [0.4, 0.5) is 0 Å². The average Bonchev–Trinajstić information content (AvgIpc) is 2.57. The number of likely N-dealkylation sites (tertiary alicyclic amines) is 1. The first kappa shape index (κ1) is 20.4. The molecule has 3 nitrogen and oxygen atoms in total. The van der Waals surface area contributed by atoms with Crippen LogP contribution in [0, 0.1) is 5.41 Å². The van der Waals surface area contributed by atoms with Crippen molar-refractivity contribution in [2.24, 2.45) is 5.41 Å². The normalized spacial score (nSPS) is 17.4. The summed E-state index contributed by atoms with van der Waals surface area (Å²) in [5.41, 5.74) is 3.16. The molecule has 0 bridgehead atoms. The fourth-order valence-electron chi connectivity index (χ4n) is 3.29. The Bertz CT molecular complexity index is 482. The van der Waals surface area contributed by atoms with Crippen molar-refractivity contribution in [1.29, 1.82) is 0 Å². The second kappa shape index (κ2) is 9.70. The Morgan fingerprint density at radius 3 is 2.32 bits per heavy atom. The van der Waals surface area contributed by atoms with Gasteiger partial charge in [-0.05, 0) is 48.4 Å². The van der Waals surface area contributed by atoms with Gasteiger partial charge in [-0.2, -0.15) is 0 Å². The number of hydrogen-bond donors (Lipinski definition) is 1. The molecule has 1 aliphatic heterocycles. The molecule has 1 N–H and O–H groups in total. The topological polar surface area (TPSA) is 24.5 Å². The summed E-state index contributed by atoms with van der Waals surface area (Å²) in [6.07, 6.45) is 2.53. The minimum atomic E-state index is 0.268. The molecule has 1 aromatic rings. The third kappa shape index (κ3) is 7.89. The number of hydrogen-bond acceptors (Lipinski definition) is 3. The van der Waals surface area contributed by atoms with Gasteiger partial charge in [0.2, 0.25) is 0 Å². The first-order valence-electron chi connectivity index (χ1n) is 9.96. The van der Waals surface area contributed by atoms with Crippen LogP contribution in [0.1, 0.15) is 64.5 Å². The molecule has 1 saturated heterocycles. The molecule has 1 heterocycles. The molecule has 3 heteroatoms. The molecule has 25 heavy (non-hydrogen) atoms. The first-order valence-corrected chi connectivity index (χ1v) is 9.96. The molecule has 0 amide bonds. The molecule has 1 aliphatic rings. The zero-order chi connectivity index (χ0) is 18.3. The van der Waals surface area contributed by atoms with Gasteiger partial charge in [0.25, 0.3) is 0 Å². The molecular weight excluding hydrogens is 308 g/mol. The van der Waals surface area contributed by atoms with E-state index >= 15 is 0 Å². The second-order valence-corrected chi connectivity index (χ2v) is 9.01. The lowest BCUT2D eigenvalue weighted by Gasteiger charge is -2.32. The molecule has 1 aromatic carbocycles. The maximum Gasteiger partial charge on any atom is 0.0593 e. The van der Waals surface area contributed by atoms with Crippen molar-refractivity contribution in [3.8, 4) is 0 Å². The van der Waals surface area contributed by atoms with Gasteiger partial charge in [-0.1, -0.05) is 58.9 Å². The fraction of sp³-hybridized carbons (Fsp3) is 0.727. The van der Waals surface area contributed by atoms with Gasteiger partial charge >= 0.3 is 0 Å². The summed E-state index contributed by atoms with van der Waals surface area (Å²) in [5, 5.41) is 3.48. The lowest BCUT2D eigenvalue weighted by atomic mass is 9.89. The standard InChI is InChI=1S/C22H38N2O/c1-18(2)23-16-19-6-8-20(9-7-19)21-10-12-24(13-11-21)14-15-25-17-22(3,4)5/h6-9,18,21,23H,10-17H2,1-5H3. The number of nitrogens with one attached hydrogen (secondary N) is 1. The number of rotatable bonds is 8. The third-order valence-corrected chi connectivity index (χ3v) is 4.84. The molecular formula is C22H38N2O. The van der Waals surface area contributed by atoms with Gasteiger partial charge in [-0.3, -0.25) is 0 Å². The summed E-state index contributed by atoms with van der Waals surface area (Å²) in [5.74, 6) is 0.721. The Morgan fingerprint density at radius 2 is 1.76 bits per heavy atom. The van der Waals surface area contributed by atoms with E-state index in [-0.39, 0.29) is 5.41 Å². The van der Waals surface area contributed by atoms with Crippen LogP contribution in [-0.4, -0.2) is 43.8 Å². The van der Waals surface area contributed by atoms with Crippen LogP contribution in [0.5, 0.6) is 0 Å². The van der Waals surface area contributed by atoms with Gasteiger partial charge in [0.1, 0.15) is 0 Å². The van der Waals surface area contributed by atoms with Crippen LogP contribution in [0.3, 0.4) is 0 Å². The van der Waals surface area contributed by atoms with E-state index in [9.17, 15) is 0 Å². The molecule has 0 aliphatic carbocycles. The number of piperidine rings is 1. The minimum absolute atomic E-state index is 0.268. The predicted molar refractivity (Wildman–Crippen MR) is 107 cm³/mol. The summed E-state index contributed by atoms with van der Waals surface area (Å²) in [6, 6.07) is 9.79. The van der Waals surface area contributed by atoms with E-state index < -0.39 is 0 Å². The maximum atomic E-state index is 5.82. The molecule has 2 rings (SSSR count). The molecule has 142 valence electrons. The minimum Gasteiger partial charge on any atom is -0.380 e. The van der Waals surface area contributed by atoms with Crippen LogP contribution in [0.15, 0.2) is 24.3 Å². The van der Waals surface area contributed by atoms with Crippen molar-refractivity contribution in [2.75, 3.05) is 32.8 Å². The van der Waals surface area contributed by atoms with Crippen molar-refractivity contribution in [3.05, 3.63) is 35.4 Å². The summed E-state index contributed by atoms with van der Waals surface area (Å²) < 4.78 is 5.82. The molecule has 0 aromatic heterocycles. The third-order valence-electron chi connectivity index (χ3n) is 4.84. The van der Waals surface area contributed by atoms with Crippen molar-refractivity contribution in [3.63, 3.8) is 0 Å². The number of benzene rings is 1. The van der Waals surface area contributed by atoms with Gasteiger partial charge in [0.15, 0.2) is 0 Å². The Labute approximate surface area is 155 Å². The van der Waals surface area contributed by atoms with E-state index in [4.69, 9.17) is 4.74 Å². The van der Waals surface area contributed by atoms with E-state index in [0.29, 0.717) is 6.04 Å². The largest absolute Gasteiger partial charge is 0.380 e. The SMILES string of the molecule is CC(C)NCc1ccc(C2CCN(CCOCC(C)(C)C)CC2)cc1. The highest BCUT2D eigenvalue weighted by Crippen LogP contribution is 2.28. The van der Waals surface area contributed by atoms with Gasteiger partial charge < -0.3 is 15.0 Å². The van der Waals surface area contributed by atoms with Gasteiger partial charge in [-0.25, -0.2) is 0 Å². The van der Waals surface area contributed by atoms with Crippen LogP contribution >= 0.6 is 0 Å². The van der Waals surface area contributed by atoms with Gasteiger partial charge in [0.05, 0.1) is 13.2 Å². The summed E-state index contributed by atoms with van der Waals surface area (Å²) in [4.78, 5) is 2.56. The first-order chi connectivity index (χ1) is 11.8. The van der Waals surface area contributed by atoms with E-state index in [1.807, 2.05) is 0 Å². The maximum absolute atomic E-state index is 5.82. The summed E-state index contributed by atoms with van der Waals surface area (Å²) >= 11 is 0. The number of nitrogens with zero attached hydrogens (tertiary/aromatic N) is 1. The van der Waals surface area contributed by atoms with Gasteiger partial charge in [0, 0.05) is 19.1 Å². The van der Waals surface area contributed by atoms with Gasteiger partial charge in [-0.15, -0.1) is 0 Å². The van der Waals surface area contributed by atoms with Crippen molar-refractivity contribution < 1.29 is 4.74 Å². The molecule has 0 atom stereocenters. The van der Waals surface area contributed by atoms with E-state index in [1.165, 1.54) is 37.1 Å². The Morgan fingerprint density at radius 1 is 1.12 bits per heavy atom. The zero-order valence-electron chi connectivity index (χ0n) is 17.0. The molecule has 1 fully saturated rings. The highest BCUT2D eigenvalue weighted by atomic mass is 16.5. The Hall–Kier alpha value is -0.900. The molecule has 0 radical (unpaired) electrons. The molecule has 0 unspecified atom stereocenters. The van der Waals surface area contributed by atoms with E-state index in [0.717, 1.165) is 32.2 Å². The van der Waals surface area contributed by atoms with Crippen LogP contribution in [0.25, 0.3) is 0 Å². The average molecular weight is 347 g/mol. The highest BCUT2D eigenvalue weighted by molar-refractivity contribution is 5.25. The number of ether oxygens (including phenoxy) is 1. The Kier molecular flexibility index (Phi) is 7.92. The summed E-state index contributed by atoms with van der Waals surface area (Å²) in [6.45, 7) is 17.2. The van der Waals surface area contributed by atoms with Crippen LogP contribution in [-0.2, 0) is 11.3 Å².